The molecule has 2 aliphatic rings. The Bertz CT molecular complexity index is 2190. The number of azo groups is 1. The highest BCUT2D eigenvalue weighted by Crippen LogP contribution is 2.58. The van der Waals surface area contributed by atoms with Crippen molar-refractivity contribution >= 4 is 11.9 Å². The summed E-state index contributed by atoms with van der Waals surface area (Å²) in [5, 5.41) is 7.03. The predicted molar refractivity (Wildman–Crippen MR) is 201 cm³/mol. The zero-order chi connectivity index (χ0) is 42.8. The smallest absolute Gasteiger partial charge is 0.421 e. The van der Waals surface area contributed by atoms with Crippen LogP contribution in [0.1, 0.15) is 98.6 Å². The van der Waals surface area contributed by atoms with Crippen molar-refractivity contribution < 1.29 is 54.9 Å². The summed E-state index contributed by atoms with van der Waals surface area (Å²) >= 11 is 0. The Labute approximate surface area is 332 Å². The second-order valence-corrected chi connectivity index (χ2v) is 14.4. The van der Waals surface area contributed by atoms with Gasteiger partial charge in [-0.05, 0) is 115 Å². The molecule has 0 amide bonds. The number of hydrogen-bond acceptors (Lipinski definition) is 10. The molecule has 3 heterocycles. The van der Waals surface area contributed by atoms with Crippen LogP contribution < -0.4 is 9.47 Å². The molecule has 1 unspecified atom stereocenters. The lowest BCUT2D eigenvalue weighted by molar-refractivity contribution is -0.189. The molecule has 0 spiro atoms. The van der Waals surface area contributed by atoms with Gasteiger partial charge < -0.3 is 18.9 Å². The van der Waals surface area contributed by atoms with Crippen LogP contribution in [0.3, 0.4) is 0 Å². The Morgan fingerprint density at radius 1 is 0.621 bits per heavy atom. The van der Waals surface area contributed by atoms with Gasteiger partial charge in [0.1, 0.15) is 28.0 Å². The van der Waals surface area contributed by atoms with Crippen LogP contribution >= 0.6 is 0 Å². The number of rotatable bonds is 10. The third-order valence-electron chi connectivity index (χ3n) is 9.81. The zero-order valence-electron chi connectivity index (χ0n) is 33.4. The van der Waals surface area contributed by atoms with Gasteiger partial charge >= 0.3 is 24.3 Å². The molecule has 16 heteroatoms. The van der Waals surface area contributed by atoms with Gasteiger partial charge in [0.25, 0.3) is 0 Å². The van der Waals surface area contributed by atoms with Crippen LogP contribution in [0.25, 0.3) is 0 Å². The Hall–Kier alpha value is -5.54. The highest BCUT2D eigenvalue weighted by atomic mass is 19.4. The lowest BCUT2D eigenvalue weighted by Crippen LogP contribution is -2.40. The van der Waals surface area contributed by atoms with Gasteiger partial charge in [-0.25, -0.2) is 19.6 Å². The summed E-state index contributed by atoms with van der Waals surface area (Å²) < 4.78 is 104. The number of benzene rings is 2. The largest absolute Gasteiger partial charge is 0.462 e. The van der Waals surface area contributed by atoms with E-state index >= 15 is 0 Å². The van der Waals surface area contributed by atoms with Crippen LogP contribution in [0.2, 0.25) is 0 Å². The molecule has 1 atom stereocenters. The molecule has 1 saturated carbocycles. The minimum absolute atomic E-state index is 0.00273. The van der Waals surface area contributed by atoms with E-state index in [2.05, 4.69) is 20.2 Å². The molecule has 310 valence electrons. The van der Waals surface area contributed by atoms with Crippen LogP contribution in [0.15, 0.2) is 58.8 Å². The highest BCUT2D eigenvalue weighted by Gasteiger charge is 2.65. The van der Waals surface area contributed by atoms with E-state index < -0.39 is 35.2 Å². The fourth-order valence-electron chi connectivity index (χ4n) is 6.88. The quantitative estimate of drug-likeness (QED) is 0.115. The van der Waals surface area contributed by atoms with Crippen LogP contribution in [0.4, 0.5) is 26.3 Å². The molecule has 58 heavy (non-hydrogen) atoms. The van der Waals surface area contributed by atoms with E-state index in [4.69, 9.17) is 18.9 Å². The molecule has 6 rings (SSSR count). The number of nitrogens with zero attached hydrogens (tertiary/aromatic N) is 4. The Kier molecular flexibility index (Phi) is 12.6. The molecule has 1 aliphatic carbocycles. The maximum atomic E-state index is 13.9. The first-order valence-electron chi connectivity index (χ1n) is 18.6. The summed E-state index contributed by atoms with van der Waals surface area (Å²) in [7, 11) is 0. The number of aromatic nitrogens is 2. The summed E-state index contributed by atoms with van der Waals surface area (Å²) in [5.74, 6) is -0.949. The first-order valence-corrected chi connectivity index (χ1v) is 18.6. The number of carbonyl (C=O) groups excluding carboxylic acids is 2. The summed E-state index contributed by atoms with van der Waals surface area (Å²) in [6.07, 6.45) is -9.50. The van der Waals surface area contributed by atoms with Crippen molar-refractivity contribution in [2.24, 2.45) is 10.2 Å². The van der Waals surface area contributed by atoms with Gasteiger partial charge in [-0.3, -0.25) is 0 Å². The number of ether oxygens (including phenoxy) is 4. The van der Waals surface area contributed by atoms with E-state index in [0.717, 1.165) is 39.4 Å². The molecular formula is C42H44F6N4O6. The molecule has 0 saturated heterocycles. The van der Waals surface area contributed by atoms with E-state index in [1.807, 2.05) is 65.8 Å². The van der Waals surface area contributed by atoms with Crippen LogP contribution in [-0.4, -0.2) is 54.0 Å². The van der Waals surface area contributed by atoms with E-state index in [0.29, 0.717) is 11.5 Å². The number of pyridine rings is 2. The molecule has 2 aromatic heterocycles. The summed E-state index contributed by atoms with van der Waals surface area (Å²) in [6, 6.07) is 12.5. The van der Waals surface area contributed by atoms with E-state index in [1.165, 1.54) is 18.2 Å². The first-order chi connectivity index (χ1) is 27.2. The number of aryl methyl sites for hydroxylation is 6. The minimum atomic E-state index is -4.70. The lowest BCUT2D eigenvalue weighted by Gasteiger charge is -2.27. The molecule has 0 bridgehead atoms. The number of hydrogen-bond donors (Lipinski definition) is 0. The Morgan fingerprint density at radius 3 is 1.38 bits per heavy atom. The summed E-state index contributed by atoms with van der Waals surface area (Å²) in [6.45, 7) is 14.6. The maximum absolute atomic E-state index is 13.9. The lowest BCUT2D eigenvalue weighted by atomic mass is 9.91. The van der Waals surface area contributed by atoms with Crippen molar-refractivity contribution in [3.63, 3.8) is 0 Å². The predicted octanol–water partition coefficient (Wildman–Crippen LogP) is 11.2. The van der Waals surface area contributed by atoms with E-state index in [9.17, 15) is 35.9 Å². The first kappa shape index (κ1) is 43.6. The van der Waals surface area contributed by atoms with Crippen LogP contribution in [0.5, 0.6) is 23.3 Å². The second-order valence-electron chi connectivity index (χ2n) is 14.4. The van der Waals surface area contributed by atoms with Crippen molar-refractivity contribution in [1.29, 1.82) is 0 Å². The van der Waals surface area contributed by atoms with Crippen molar-refractivity contribution in [3.8, 4) is 23.3 Å². The third kappa shape index (κ3) is 8.80. The number of carbonyl (C=O) groups is 2. The van der Waals surface area contributed by atoms with Gasteiger partial charge in [0.15, 0.2) is 0 Å². The topological polar surface area (TPSA) is 122 Å². The van der Waals surface area contributed by atoms with Crippen molar-refractivity contribution in [3.05, 3.63) is 104 Å². The number of halogens is 6. The Balaban J connectivity index is 0.000000221. The van der Waals surface area contributed by atoms with E-state index in [1.54, 1.807) is 13.8 Å². The SMILES string of the molecule is CCOC(=O)c1ccc(C2(C(F)(F)F)CC2)nc1Oc1c(C)cc(C)cc1C.CCOC(=O)c1ccc(C2(C(F)(F)F)CCN=N2)nc1Oc1c(C)cc(C)cc1C. The maximum Gasteiger partial charge on any atom is 0.421 e. The standard InChI is InChI=1S/C21H22F3N3O3.C21H22F3NO3/c1-5-29-19(28)15-6-7-16(20(21(22,23)24)8-9-25-27-20)26-18(15)30-17-13(3)10-12(2)11-14(17)4;1-5-27-19(26)15-6-7-16(20(8-9-20)21(22,23)24)25-18(15)28-17-13(3)10-12(2)11-14(17)4/h6-7,10-11H,5,8-9H2,1-4H3;6-7,10-11H,5,8-9H2,1-4H3. The van der Waals surface area contributed by atoms with Gasteiger partial charge in [-0.2, -0.15) is 36.6 Å². The van der Waals surface area contributed by atoms with Crippen molar-refractivity contribution in [1.82, 2.24) is 9.97 Å². The average molecular weight is 815 g/mol. The third-order valence-corrected chi connectivity index (χ3v) is 9.81. The minimum Gasteiger partial charge on any atom is -0.462 e. The van der Waals surface area contributed by atoms with Crippen LogP contribution in [0, 0.1) is 41.5 Å². The summed E-state index contributed by atoms with van der Waals surface area (Å²) in [5.41, 5.74) is 0.0815. The van der Waals surface area contributed by atoms with Gasteiger partial charge in [-0.1, -0.05) is 35.4 Å². The van der Waals surface area contributed by atoms with Crippen LogP contribution in [-0.2, 0) is 20.4 Å². The average Bonchev–Trinajstić information content (AvgIpc) is 3.80. The highest BCUT2D eigenvalue weighted by molar-refractivity contribution is 5.92. The Morgan fingerprint density at radius 2 is 1.03 bits per heavy atom. The van der Waals surface area contributed by atoms with Gasteiger partial charge in [0, 0.05) is 6.42 Å². The molecular weight excluding hydrogens is 770 g/mol. The number of esters is 2. The number of alkyl halides is 6. The molecule has 4 aromatic rings. The molecule has 1 aliphatic heterocycles. The normalized spacial score (nSPS) is 16.9. The monoisotopic (exact) mass is 814 g/mol. The molecule has 2 aromatic carbocycles. The van der Waals surface area contributed by atoms with Gasteiger partial charge in [0.2, 0.25) is 17.3 Å². The fraction of sp³-hybridized carbons (Fsp3) is 0.429. The van der Waals surface area contributed by atoms with E-state index in [-0.39, 0.29) is 73.3 Å². The summed E-state index contributed by atoms with van der Waals surface area (Å²) in [4.78, 5) is 32.9. The molecule has 0 radical (unpaired) electrons. The molecule has 10 nitrogen and oxygen atoms in total. The molecule has 1 fully saturated rings. The van der Waals surface area contributed by atoms with Crippen molar-refractivity contribution in [2.45, 2.75) is 98.0 Å². The fourth-order valence-corrected chi connectivity index (χ4v) is 6.88. The van der Waals surface area contributed by atoms with Crippen molar-refractivity contribution in [2.75, 3.05) is 19.8 Å². The van der Waals surface area contributed by atoms with Gasteiger partial charge in [0.05, 0.1) is 31.1 Å². The molecule has 0 N–H and O–H groups in total. The second kappa shape index (κ2) is 16.7. The van der Waals surface area contributed by atoms with Gasteiger partial charge in [-0.15, -0.1) is 0 Å². The zero-order valence-corrected chi connectivity index (χ0v) is 33.4.